The highest BCUT2D eigenvalue weighted by Gasteiger charge is 2.16. The van der Waals surface area contributed by atoms with Crippen LogP contribution in [0.15, 0.2) is 18.2 Å². The van der Waals surface area contributed by atoms with E-state index in [1.54, 1.807) is 0 Å². The minimum atomic E-state index is 0.349. The summed E-state index contributed by atoms with van der Waals surface area (Å²) in [5.41, 5.74) is 2.43. The molecule has 1 aromatic carbocycles. The Bertz CT molecular complexity index is 436. The molecule has 1 aliphatic rings. The molecule has 0 amide bonds. The maximum Gasteiger partial charge on any atom is 0.0642 e. The van der Waals surface area contributed by atoms with Gasteiger partial charge in [-0.25, -0.2) is 0 Å². The average molecular weight is 296 g/mol. The van der Waals surface area contributed by atoms with Crippen LogP contribution < -0.4 is 10.2 Å². The third-order valence-electron chi connectivity index (χ3n) is 4.04. The summed E-state index contributed by atoms with van der Waals surface area (Å²) in [6.07, 6.45) is 1.20. The van der Waals surface area contributed by atoms with E-state index in [2.05, 4.69) is 54.2 Å². The van der Waals surface area contributed by atoms with Gasteiger partial charge in [-0.1, -0.05) is 24.6 Å². The Labute approximate surface area is 127 Å². The highest BCUT2D eigenvalue weighted by molar-refractivity contribution is 6.33. The standard InChI is InChI=1S/C16H26ClN3/c1-4-18-13(2)14-6-7-16(15(17)12-14)20-9-5-8-19(3)10-11-20/h6-7,12-13,18H,4-5,8-11H2,1-3H3. The van der Waals surface area contributed by atoms with Gasteiger partial charge in [-0.15, -0.1) is 0 Å². The zero-order chi connectivity index (χ0) is 14.5. The first-order chi connectivity index (χ1) is 9.61. The van der Waals surface area contributed by atoms with Crippen LogP contribution in [0, 0.1) is 0 Å². The Balaban J connectivity index is 2.12. The van der Waals surface area contributed by atoms with Crippen molar-refractivity contribution in [1.29, 1.82) is 0 Å². The van der Waals surface area contributed by atoms with Gasteiger partial charge in [-0.2, -0.15) is 0 Å². The van der Waals surface area contributed by atoms with Crippen LogP contribution in [0.4, 0.5) is 5.69 Å². The molecule has 1 unspecified atom stereocenters. The molecule has 2 rings (SSSR count). The van der Waals surface area contributed by atoms with Crippen molar-refractivity contribution in [3.05, 3.63) is 28.8 Å². The van der Waals surface area contributed by atoms with Crippen LogP contribution in [0.3, 0.4) is 0 Å². The summed E-state index contributed by atoms with van der Waals surface area (Å²) < 4.78 is 0. The van der Waals surface area contributed by atoms with Crippen molar-refractivity contribution in [2.24, 2.45) is 0 Å². The molecule has 3 nitrogen and oxygen atoms in total. The Morgan fingerprint density at radius 3 is 2.75 bits per heavy atom. The van der Waals surface area contributed by atoms with E-state index in [1.807, 2.05) is 0 Å². The second-order valence-corrected chi connectivity index (χ2v) is 6.04. The SMILES string of the molecule is CCNC(C)c1ccc(N2CCCN(C)CC2)c(Cl)c1. The summed E-state index contributed by atoms with van der Waals surface area (Å²) in [5, 5.41) is 4.30. The van der Waals surface area contributed by atoms with Crippen molar-refractivity contribution in [2.75, 3.05) is 44.7 Å². The van der Waals surface area contributed by atoms with Crippen LogP contribution >= 0.6 is 11.6 Å². The van der Waals surface area contributed by atoms with Gasteiger partial charge in [-0.3, -0.25) is 0 Å². The van der Waals surface area contributed by atoms with Gasteiger partial charge >= 0.3 is 0 Å². The van der Waals surface area contributed by atoms with E-state index in [1.165, 1.54) is 24.2 Å². The summed E-state index contributed by atoms with van der Waals surface area (Å²) in [7, 11) is 2.19. The lowest BCUT2D eigenvalue weighted by Gasteiger charge is -2.25. The summed E-state index contributed by atoms with van der Waals surface area (Å²) in [6, 6.07) is 6.83. The predicted molar refractivity (Wildman–Crippen MR) is 87.9 cm³/mol. The molecule has 1 saturated heterocycles. The van der Waals surface area contributed by atoms with E-state index in [9.17, 15) is 0 Å². The lowest BCUT2D eigenvalue weighted by Crippen LogP contribution is -2.29. The molecule has 1 fully saturated rings. The van der Waals surface area contributed by atoms with E-state index >= 15 is 0 Å². The lowest BCUT2D eigenvalue weighted by molar-refractivity contribution is 0.360. The maximum atomic E-state index is 6.51. The first-order valence-corrected chi connectivity index (χ1v) is 7.96. The van der Waals surface area contributed by atoms with Crippen molar-refractivity contribution in [1.82, 2.24) is 10.2 Å². The van der Waals surface area contributed by atoms with Gasteiger partial charge in [-0.05, 0) is 51.2 Å². The van der Waals surface area contributed by atoms with Crippen LogP contribution in [0.25, 0.3) is 0 Å². The fraction of sp³-hybridized carbons (Fsp3) is 0.625. The zero-order valence-electron chi connectivity index (χ0n) is 12.8. The largest absolute Gasteiger partial charge is 0.369 e. The second kappa shape index (κ2) is 7.30. The molecule has 1 aliphatic heterocycles. The molecule has 0 saturated carbocycles. The normalized spacial score (nSPS) is 18.9. The van der Waals surface area contributed by atoms with Gasteiger partial charge in [0, 0.05) is 25.7 Å². The number of nitrogens with zero attached hydrogens (tertiary/aromatic N) is 2. The Hall–Kier alpha value is -0.770. The number of benzene rings is 1. The number of rotatable bonds is 4. The number of hydrogen-bond acceptors (Lipinski definition) is 3. The van der Waals surface area contributed by atoms with Crippen LogP contribution in [0.2, 0.25) is 5.02 Å². The van der Waals surface area contributed by atoms with Crippen LogP contribution in [-0.4, -0.2) is 44.7 Å². The minimum absolute atomic E-state index is 0.349. The average Bonchev–Trinajstić information content (AvgIpc) is 2.64. The van der Waals surface area contributed by atoms with Crippen molar-refractivity contribution in [2.45, 2.75) is 26.3 Å². The van der Waals surface area contributed by atoms with Crippen molar-refractivity contribution in [3.8, 4) is 0 Å². The third kappa shape index (κ3) is 3.87. The molecule has 0 radical (unpaired) electrons. The fourth-order valence-electron chi connectivity index (χ4n) is 2.76. The topological polar surface area (TPSA) is 18.5 Å². The predicted octanol–water partition coefficient (Wildman–Crippen LogP) is 3.15. The molecule has 0 aliphatic carbocycles. The number of likely N-dealkylation sites (N-methyl/N-ethyl adjacent to an activating group) is 1. The molecule has 1 aromatic rings. The molecule has 20 heavy (non-hydrogen) atoms. The van der Waals surface area contributed by atoms with Gasteiger partial charge in [0.15, 0.2) is 0 Å². The Morgan fingerprint density at radius 2 is 2.05 bits per heavy atom. The minimum Gasteiger partial charge on any atom is -0.369 e. The Kier molecular flexibility index (Phi) is 5.70. The molecule has 112 valence electrons. The van der Waals surface area contributed by atoms with Crippen molar-refractivity contribution < 1.29 is 0 Å². The van der Waals surface area contributed by atoms with Gasteiger partial charge in [0.05, 0.1) is 10.7 Å². The van der Waals surface area contributed by atoms with E-state index < -0.39 is 0 Å². The summed E-state index contributed by atoms with van der Waals surface area (Å²) in [6.45, 7) is 9.69. The maximum absolute atomic E-state index is 6.51. The molecular weight excluding hydrogens is 270 g/mol. The summed E-state index contributed by atoms with van der Waals surface area (Å²) >= 11 is 6.51. The number of anilines is 1. The number of nitrogens with one attached hydrogen (secondary N) is 1. The molecular formula is C16H26ClN3. The zero-order valence-corrected chi connectivity index (χ0v) is 13.6. The van der Waals surface area contributed by atoms with Gasteiger partial charge in [0.1, 0.15) is 0 Å². The van der Waals surface area contributed by atoms with E-state index in [4.69, 9.17) is 11.6 Å². The third-order valence-corrected chi connectivity index (χ3v) is 4.34. The van der Waals surface area contributed by atoms with Crippen LogP contribution in [0.1, 0.15) is 31.9 Å². The first-order valence-electron chi connectivity index (χ1n) is 7.58. The highest BCUT2D eigenvalue weighted by Crippen LogP contribution is 2.29. The molecule has 0 spiro atoms. The van der Waals surface area contributed by atoms with Crippen molar-refractivity contribution in [3.63, 3.8) is 0 Å². The first kappa shape index (κ1) is 15.6. The van der Waals surface area contributed by atoms with Gasteiger partial charge < -0.3 is 15.1 Å². The second-order valence-electron chi connectivity index (χ2n) is 5.63. The highest BCUT2D eigenvalue weighted by atomic mass is 35.5. The Morgan fingerprint density at radius 1 is 1.25 bits per heavy atom. The summed E-state index contributed by atoms with van der Waals surface area (Å²) in [4.78, 5) is 4.79. The molecule has 1 atom stereocenters. The van der Waals surface area contributed by atoms with Crippen molar-refractivity contribution >= 4 is 17.3 Å². The number of hydrogen-bond donors (Lipinski definition) is 1. The lowest BCUT2D eigenvalue weighted by atomic mass is 10.1. The molecule has 1 heterocycles. The van der Waals surface area contributed by atoms with Crippen LogP contribution in [-0.2, 0) is 0 Å². The molecule has 4 heteroatoms. The monoisotopic (exact) mass is 295 g/mol. The van der Waals surface area contributed by atoms with E-state index in [0.29, 0.717) is 6.04 Å². The molecule has 0 aromatic heterocycles. The smallest absolute Gasteiger partial charge is 0.0642 e. The number of halogens is 1. The molecule has 0 bridgehead atoms. The summed E-state index contributed by atoms with van der Waals surface area (Å²) in [5.74, 6) is 0. The van der Waals surface area contributed by atoms with E-state index in [0.717, 1.165) is 31.2 Å². The quantitative estimate of drug-likeness (QED) is 0.920. The van der Waals surface area contributed by atoms with Gasteiger partial charge in [0.2, 0.25) is 0 Å². The van der Waals surface area contributed by atoms with Gasteiger partial charge in [0.25, 0.3) is 0 Å². The van der Waals surface area contributed by atoms with E-state index in [-0.39, 0.29) is 0 Å². The molecule has 1 N–H and O–H groups in total. The van der Waals surface area contributed by atoms with Crippen LogP contribution in [0.5, 0.6) is 0 Å². The fourth-order valence-corrected chi connectivity index (χ4v) is 3.07.